The number of para-hydroxylation sites is 2. The van der Waals surface area contributed by atoms with Crippen LogP contribution in [0.25, 0.3) is 16.9 Å². The van der Waals surface area contributed by atoms with Crippen LogP contribution in [0.15, 0.2) is 60.7 Å². The highest BCUT2D eigenvalue weighted by molar-refractivity contribution is 7.71. The molecule has 6 nitrogen and oxygen atoms in total. The Labute approximate surface area is 165 Å². The summed E-state index contributed by atoms with van der Waals surface area (Å²) in [5.74, 6) is -0.632. The van der Waals surface area contributed by atoms with Crippen LogP contribution in [0.1, 0.15) is 26.4 Å². The second-order valence-corrected chi connectivity index (χ2v) is 6.61. The Balaban J connectivity index is 2.00. The monoisotopic (exact) mass is 389 g/mol. The normalized spacial score (nSPS) is 10.9. The zero-order valence-corrected chi connectivity index (χ0v) is 15.7. The summed E-state index contributed by atoms with van der Waals surface area (Å²) in [7, 11) is 1.78. The number of imidazole rings is 1. The molecule has 0 bridgehead atoms. The Morgan fingerprint density at radius 1 is 1.07 bits per heavy atom. The predicted octanol–water partition coefficient (Wildman–Crippen LogP) is 3.84. The van der Waals surface area contributed by atoms with Crippen LogP contribution in [0.5, 0.6) is 5.75 Å². The number of ketones is 1. The van der Waals surface area contributed by atoms with Crippen molar-refractivity contribution >= 4 is 35.5 Å². The second-order valence-electron chi connectivity index (χ2n) is 6.24. The van der Waals surface area contributed by atoms with Gasteiger partial charge >= 0.3 is 0 Å². The highest BCUT2D eigenvalue weighted by atomic mass is 32.1. The van der Waals surface area contributed by atoms with Gasteiger partial charge in [0.1, 0.15) is 11.4 Å². The lowest BCUT2D eigenvalue weighted by atomic mass is 10.0. The number of phenols is 1. The number of hydrogen-bond acceptors (Lipinski definition) is 5. The zero-order valence-electron chi connectivity index (χ0n) is 14.9. The largest absolute Gasteiger partial charge is 0.507 e. The average molecular weight is 389 g/mol. The van der Waals surface area contributed by atoms with Crippen LogP contribution in [0.3, 0.4) is 0 Å². The van der Waals surface area contributed by atoms with Gasteiger partial charge in [-0.1, -0.05) is 30.3 Å². The maximum absolute atomic E-state index is 13.0. The van der Waals surface area contributed by atoms with E-state index in [4.69, 9.17) is 12.2 Å². The first-order valence-electron chi connectivity index (χ1n) is 8.48. The van der Waals surface area contributed by atoms with Crippen molar-refractivity contribution in [1.29, 1.82) is 0 Å². The highest BCUT2D eigenvalue weighted by Gasteiger charge is 2.21. The van der Waals surface area contributed by atoms with E-state index in [0.29, 0.717) is 22.2 Å². The van der Waals surface area contributed by atoms with E-state index in [-0.39, 0.29) is 22.6 Å². The zero-order chi connectivity index (χ0) is 19.8. The SMILES string of the molecule is Cn1c(=S)n(-c2ccccc2)c2nc(C=O)c(C(=O)c3ccccc3O)cc21. The minimum absolute atomic E-state index is 0.00830. The number of aryl methyl sites for hydroxylation is 1. The van der Waals surface area contributed by atoms with Crippen molar-refractivity contribution in [2.75, 3.05) is 0 Å². The molecule has 2 aromatic carbocycles. The third-order valence-corrected chi connectivity index (χ3v) is 5.04. The number of aldehydes is 1. The first-order valence-corrected chi connectivity index (χ1v) is 8.89. The second kappa shape index (κ2) is 6.86. The lowest BCUT2D eigenvalue weighted by molar-refractivity contribution is 0.102. The molecular formula is C21H15N3O3S. The van der Waals surface area contributed by atoms with Crippen molar-refractivity contribution in [1.82, 2.24) is 14.1 Å². The van der Waals surface area contributed by atoms with E-state index in [1.165, 1.54) is 12.1 Å². The topological polar surface area (TPSA) is 77.1 Å². The maximum Gasteiger partial charge on any atom is 0.199 e. The van der Waals surface area contributed by atoms with Crippen LogP contribution in [0, 0.1) is 4.77 Å². The van der Waals surface area contributed by atoms with E-state index in [1.54, 1.807) is 34.4 Å². The summed E-state index contributed by atoms with van der Waals surface area (Å²) in [6.07, 6.45) is 0.540. The van der Waals surface area contributed by atoms with Crippen molar-refractivity contribution in [3.63, 3.8) is 0 Å². The first kappa shape index (κ1) is 17.8. The fourth-order valence-corrected chi connectivity index (χ4v) is 3.44. The maximum atomic E-state index is 13.0. The molecule has 0 unspecified atom stereocenters. The molecule has 28 heavy (non-hydrogen) atoms. The number of pyridine rings is 1. The molecule has 0 radical (unpaired) electrons. The molecule has 2 heterocycles. The molecule has 0 aliphatic heterocycles. The van der Waals surface area contributed by atoms with Crippen LogP contribution < -0.4 is 0 Å². The molecule has 0 saturated heterocycles. The summed E-state index contributed by atoms with van der Waals surface area (Å²) in [6.45, 7) is 0. The lowest BCUT2D eigenvalue weighted by Crippen LogP contribution is -2.08. The van der Waals surface area contributed by atoms with Crippen LogP contribution in [-0.4, -0.2) is 31.3 Å². The predicted molar refractivity (Wildman–Crippen MR) is 108 cm³/mol. The van der Waals surface area contributed by atoms with E-state index >= 15 is 0 Å². The van der Waals surface area contributed by atoms with Gasteiger partial charge in [0.15, 0.2) is 22.5 Å². The number of carbonyl (C=O) groups is 2. The Morgan fingerprint density at radius 3 is 2.43 bits per heavy atom. The van der Waals surface area contributed by atoms with E-state index in [2.05, 4.69) is 4.98 Å². The summed E-state index contributed by atoms with van der Waals surface area (Å²) in [6, 6.07) is 17.2. The van der Waals surface area contributed by atoms with Gasteiger partial charge in [0, 0.05) is 12.7 Å². The van der Waals surface area contributed by atoms with Crippen molar-refractivity contribution in [2.24, 2.45) is 7.05 Å². The quantitative estimate of drug-likeness (QED) is 0.326. The minimum Gasteiger partial charge on any atom is -0.507 e. The van der Waals surface area contributed by atoms with Gasteiger partial charge in [-0.2, -0.15) is 0 Å². The highest BCUT2D eigenvalue weighted by Crippen LogP contribution is 2.26. The molecular weight excluding hydrogens is 374 g/mol. The van der Waals surface area contributed by atoms with Crippen LogP contribution in [-0.2, 0) is 7.05 Å². The minimum atomic E-state index is -0.479. The molecule has 1 N–H and O–H groups in total. The number of aromatic nitrogens is 3. The molecule has 0 aliphatic rings. The van der Waals surface area contributed by atoms with Gasteiger partial charge in [-0.05, 0) is 42.5 Å². The van der Waals surface area contributed by atoms with Gasteiger partial charge in [0.25, 0.3) is 0 Å². The fourth-order valence-electron chi connectivity index (χ4n) is 3.15. The van der Waals surface area contributed by atoms with Gasteiger partial charge in [0.05, 0.1) is 16.6 Å². The number of phenolic OH excluding ortho intramolecular Hbond substituents is 1. The molecule has 0 spiro atoms. The number of nitrogens with zero attached hydrogens (tertiary/aromatic N) is 3. The fraction of sp³-hybridized carbons (Fsp3) is 0.0476. The summed E-state index contributed by atoms with van der Waals surface area (Å²) >= 11 is 5.55. The number of aromatic hydroxyl groups is 1. The van der Waals surface area contributed by atoms with Gasteiger partial charge in [-0.25, -0.2) is 4.98 Å². The molecule has 2 aromatic heterocycles. The standard InChI is InChI=1S/C21H15N3O3S/c1-23-17-11-15(19(27)14-9-5-6-10-18(14)26)16(12-25)22-20(17)24(21(23)28)13-7-3-2-4-8-13/h2-12,26H,1H3. The van der Waals surface area contributed by atoms with Crippen molar-refractivity contribution < 1.29 is 14.7 Å². The van der Waals surface area contributed by atoms with Crippen LogP contribution in [0.4, 0.5) is 0 Å². The molecule has 0 fully saturated rings. The van der Waals surface area contributed by atoms with E-state index in [9.17, 15) is 14.7 Å². The van der Waals surface area contributed by atoms with Gasteiger partial charge in [-0.3, -0.25) is 14.2 Å². The molecule has 4 aromatic rings. The molecule has 0 amide bonds. The number of benzene rings is 2. The molecule has 4 rings (SSSR count). The average Bonchev–Trinajstić information content (AvgIpc) is 2.97. The van der Waals surface area contributed by atoms with Crippen LogP contribution >= 0.6 is 12.2 Å². The third-order valence-electron chi connectivity index (χ3n) is 4.58. The Bertz CT molecular complexity index is 1290. The number of hydrogen-bond donors (Lipinski definition) is 1. The Kier molecular flexibility index (Phi) is 4.37. The van der Waals surface area contributed by atoms with Gasteiger partial charge in [0.2, 0.25) is 0 Å². The van der Waals surface area contributed by atoms with E-state index < -0.39 is 5.78 Å². The van der Waals surface area contributed by atoms with Crippen molar-refractivity contribution in [3.05, 3.63) is 82.3 Å². The summed E-state index contributed by atoms with van der Waals surface area (Å²) in [4.78, 5) is 29.1. The van der Waals surface area contributed by atoms with Crippen molar-refractivity contribution in [3.8, 4) is 11.4 Å². The smallest absolute Gasteiger partial charge is 0.199 e. The molecule has 7 heteroatoms. The van der Waals surface area contributed by atoms with Crippen LogP contribution in [0.2, 0.25) is 0 Å². The Morgan fingerprint density at radius 2 is 1.75 bits per heavy atom. The third kappa shape index (κ3) is 2.73. The number of carbonyl (C=O) groups excluding carboxylic acids is 2. The Hall–Kier alpha value is -3.58. The summed E-state index contributed by atoms with van der Waals surface area (Å²) in [5, 5.41) is 10.0. The molecule has 138 valence electrons. The van der Waals surface area contributed by atoms with Crippen molar-refractivity contribution in [2.45, 2.75) is 0 Å². The summed E-state index contributed by atoms with van der Waals surface area (Å²) < 4.78 is 3.98. The van der Waals surface area contributed by atoms with Gasteiger partial charge in [-0.15, -0.1) is 0 Å². The van der Waals surface area contributed by atoms with E-state index in [0.717, 1.165) is 5.69 Å². The lowest BCUT2D eigenvalue weighted by Gasteiger charge is -2.08. The summed E-state index contributed by atoms with van der Waals surface area (Å²) in [5.41, 5.74) is 2.11. The number of fused-ring (bicyclic) bond motifs is 1. The van der Waals surface area contributed by atoms with Gasteiger partial charge < -0.3 is 9.67 Å². The number of rotatable bonds is 4. The van der Waals surface area contributed by atoms with E-state index in [1.807, 2.05) is 30.3 Å². The molecule has 0 aliphatic carbocycles. The first-order chi connectivity index (χ1) is 13.5. The molecule has 0 atom stereocenters. The molecule has 0 saturated carbocycles.